The molecule has 7 aromatic rings. The molecule has 0 spiro atoms. The van der Waals surface area contributed by atoms with Crippen molar-refractivity contribution in [3.05, 3.63) is 128 Å². The monoisotopic (exact) mass is 505 g/mol. The number of aromatic nitrogens is 1. The third-order valence-electron chi connectivity index (χ3n) is 7.37. The van der Waals surface area contributed by atoms with E-state index in [0.29, 0.717) is 0 Å². The van der Waals surface area contributed by atoms with E-state index in [4.69, 9.17) is 14.1 Å². The molecular weight excluding hydrogens is 482 g/mol. The third-order valence-corrected chi connectivity index (χ3v) is 7.37. The Morgan fingerprint density at radius 1 is 0.667 bits per heavy atom. The molecule has 0 atom stereocenters. The smallest absolute Gasteiger partial charge is 0.147 e. The van der Waals surface area contributed by atoms with Crippen molar-refractivity contribution < 1.29 is 9.15 Å². The van der Waals surface area contributed by atoms with Crippen LogP contribution in [0.3, 0.4) is 0 Å². The molecule has 0 radical (unpaired) electrons. The number of rotatable bonds is 4. The summed E-state index contributed by atoms with van der Waals surface area (Å²) in [7, 11) is 0. The number of furan rings is 1. The molecule has 3 heterocycles. The van der Waals surface area contributed by atoms with Crippen LogP contribution in [0.4, 0.5) is 11.4 Å². The molecule has 0 N–H and O–H groups in total. The predicted molar refractivity (Wildman–Crippen MR) is 158 cm³/mol. The van der Waals surface area contributed by atoms with Crippen LogP contribution in [-0.4, -0.2) is 11.7 Å². The lowest BCUT2D eigenvalue weighted by atomic mass is 10.0. The van der Waals surface area contributed by atoms with E-state index in [1.54, 1.807) is 0 Å². The molecule has 39 heavy (non-hydrogen) atoms. The Balaban J connectivity index is 1.23. The minimum Gasteiger partial charge on any atom is -0.456 e. The topological polar surface area (TPSA) is 41.7 Å². The first-order chi connectivity index (χ1) is 19.3. The second-order valence-corrected chi connectivity index (χ2v) is 9.73. The van der Waals surface area contributed by atoms with Crippen molar-refractivity contribution in [2.75, 3.05) is 16.5 Å². The summed E-state index contributed by atoms with van der Waals surface area (Å²) in [6.07, 6.45) is 6.03. The summed E-state index contributed by atoms with van der Waals surface area (Å²) in [5, 5.41) is 5.11. The second-order valence-electron chi connectivity index (χ2n) is 9.73. The normalized spacial score (nSPS) is 13.3. The molecule has 0 saturated carbocycles. The highest BCUT2D eigenvalue weighted by Crippen LogP contribution is 2.43. The van der Waals surface area contributed by atoms with E-state index in [1.165, 1.54) is 0 Å². The summed E-state index contributed by atoms with van der Waals surface area (Å²) in [6.45, 7) is 0.734. The first-order valence-electron chi connectivity index (χ1n) is 13.0. The quantitative estimate of drug-likeness (QED) is 0.224. The number of benzene rings is 5. The molecule has 0 saturated heterocycles. The lowest BCUT2D eigenvalue weighted by Gasteiger charge is -2.22. The Morgan fingerprint density at radius 2 is 1.49 bits per heavy atom. The molecule has 186 valence electrons. The van der Waals surface area contributed by atoms with Crippen molar-refractivity contribution in [2.45, 2.75) is 0 Å². The van der Waals surface area contributed by atoms with Gasteiger partial charge >= 0.3 is 0 Å². The van der Waals surface area contributed by atoms with Gasteiger partial charge in [0.25, 0.3) is 0 Å². The summed E-state index contributed by atoms with van der Waals surface area (Å²) in [4.78, 5) is 9.13. The van der Waals surface area contributed by atoms with Gasteiger partial charge in [-0.05, 0) is 48.5 Å². The maximum atomic E-state index is 6.67. The molecule has 2 aromatic heterocycles. The molecule has 5 nitrogen and oxygen atoms in total. The van der Waals surface area contributed by atoms with Crippen LogP contribution in [0.2, 0.25) is 0 Å². The summed E-state index contributed by atoms with van der Waals surface area (Å²) >= 11 is 0. The van der Waals surface area contributed by atoms with Crippen molar-refractivity contribution >= 4 is 55.0 Å². The number of hydrogen-bond donors (Lipinski definition) is 0. The van der Waals surface area contributed by atoms with E-state index >= 15 is 0 Å². The van der Waals surface area contributed by atoms with Crippen LogP contribution in [0, 0.1) is 0 Å². The van der Waals surface area contributed by atoms with Gasteiger partial charge in [-0.2, -0.15) is 0 Å². The molecule has 0 bridgehead atoms. The summed E-state index contributed by atoms with van der Waals surface area (Å²) in [5.41, 5.74) is 4.80. The van der Waals surface area contributed by atoms with Gasteiger partial charge in [-0.15, -0.1) is 0 Å². The molecule has 0 unspecified atom stereocenters. The molecule has 0 amide bonds. The van der Waals surface area contributed by atoms with Crippen molar-refractivity contribution in [3.63, 3.8) is 0 Å². The number of para-hydroxylation sites is 2. The number of pyridine rings is 1. The van der Waals surface area contributed by atoms with Gasteiger partial charge in [0.15, 0.2) is 0 Å². The molecule has 0 aliphatic carbocycles. The Morgan fingerprint density at radius 3 is 2.41 bits per heavy atom. The fourth-order valence-electron chi connectivity index (χ4n) is 5.50. The number of nitrogens with zero attached hydrogens (tertiary/aromatic N) is 3. The van der Waals surface area contributed by atoms with Gasteiger partial charge in [-0.1, -0.05) is 54.6 Å². The predicted octanol–water partition coefficient (Wildman–Crippen LogP) is 8.84. The van der Waals surface area contributed by atoms with E-state index in [0.717, 1.165) is 73.2 Å². The average molecular weight is 506 g/mol. The second kappa shape index (κ2) is 8.64. The Bertz CT molecular complexity index is 2050. The van der Waals surface area contributed by atoms with E-state index < -0.39 is 0 Å². The first kappa shape index (κ1) is 21.8. The molecule has 5 aromatic carbocycles. The lowest BCUT2D eigenvalue weighted by Crippen LogP contribution is -2.24. The van der Waals surface area contributed by atoms with Crippen molar-refractivity contribution in [3.8, 4) is 11.5 Å². The summed E-state index contributed by atoms with van der Waals surface area (Å²) in [5.74, 6) is 1.51. The van der Waals surface area contributed by atoms with E-state index in [9.17, 15) is 0 Å². The van der Waals surface area contributed by atoms with Crippen LogP contribution in [-0.2, 0) is 0 Å². The highest BCUT2D eigenvalue weighted by Gasteiger charge is 2.19. The number of ether oxygens (including phenoxy) is 1. The van der Waals surface area contributed by atoms with Crippen LogP contribution < -0.4 is 14.5 Å². The van der Waals surface area contributed by atoms with E-state index in [2.05, 4.69) is 88.9 Å². The third kappa shape index (κ3) is 3.59. The van der Waals surface area contributed by atoms with Crippen LogP contribution in [0.1, 0.15) is 0 Å². The maximum Gasteiger partial charge on any atom is 0.147 e. The zero-order chi connectivity index (χ0) is 25.8. The number of fused-ring (bicyclic) bond motifs is 7. The van der Waals surface area contributed by atoms with Gasteiger partial charge in [-0.25, -0.2) is 0 Å². The molecular formula is C34H23N3O2. The van der Waals surface area contributed by atoms with Crippen LogP contribution in [0.25, 0.3) is 43.6 Å². The highest BCUT2D eigenvalue weighted by atomic mass is 16.5. The molecule has 8 rings (SSSR count). The van der Waals surface area contributed by atoms with Gasteiger partial charge in [0, 0.05) is 57.6 Å². The Labute approximate surface area is 224 Å². The van der Waals surface area contributed by atoms with Gasteiger partial charge < -0.3 is 19.0 Å². The zero-order valence-electron chi connectivity index (χ0n) is 21.0. The standard InChI is InChI=1S/C34H23N3O2/c1-2-9-24(10-3-1)36-18-19-37(22-36)25-11-6-12-26(20-25)38-31-21-29-27(16-15-23-8-7-17-35-33(23)29)34-32(31)28-13-4-5-14-30(28)39-34/h1-21H,22H2. The first-order valence-corrected chi connectivity index (χ1v) is 13.0. The van der Waals surface area contributed by atoms with Crippen molar-refractivity contribution in [1.29, 1.82) is 0 Å². The highest BCUT2D eigenvalue weighted by molar-refractivity contribution is 6.22. The number of hydrogen-bond acceptors (Lipinski definition) is 5. The summed E-state index contributed by atoms with van der Waals surface area (Å²) < 4.78 is 13.1. The van der Waals surface area contributed by atoms with Crippen molar-refractivity contribution in [2.24, 2.45) is 0 Å². The largest absolute Gasteiger partial charge is 0.456 e. The minimum atomic E-state index is 0.734. The van der Waals surface area contributed by atoms with E-state index in [1.807, 2.05) is 48.7 Å². The van der Waals surface area contributed by atoms with Gasteiger partial charge in [0.2, 0.25) is 0 Å². The Kier molecular flexibility index (Phi) is 4.82. The molecule has 5 heteroatoms. The van der Waals surface area contributed by atoms with Crippen molar-refractivity contribution in [1.82, 2.24) is 4.98 Å². The Hall–Kier alpha value is -5.29. The minimum absolute atomic E-state index is 0.734. The average Bonchev–Trinajstić information content (AvgIpc) is 3.64. The van der Waals surface area contributed by atoms with Crippen LogP contribution in [0.5, 0.6) is 11.5 Å². The molecule has 1 aliphatic heterocycles. The van der Waals surface area contributed by atoms with Gasteiger partial charge in [-0.3, -0.25) is 4.98 Å². The van der Waals surface area contributed by atoms with Crippen LogP contribution >= 0.6 is 0 Å². The zero-order valence-corrected chi connectivity index (χ0v) is 21.0. The molecule has 0 fully saturated rings. The SMILES string of the molecule is C1=CN(c2cccc(Oc3cc4c(ccc5cccnc54)c4oc5ccccc5c34)c2)CN1c1ccccc1. The van der Waals surface area contributed by atoms with E-state index in [-0.39, 0.29) is 0 Å². The fraction of sp³-hybridized carbons (Fsp3) is 0.0294. The van der Waals surface area contributed by atoms with Gasteiger partial charge in [0.05, 0.1) is 17.6 Å². The fourth-order valence-corrected chi connectivity index (χ4v) is 5.50. The van der Waals surface area contributed by atoms with Crippen LogP contribution in [0.15, 0.2) is 132 Å². The summed E-state index contributed by atoms with van der Waals surface area (Å²) in [6, 6.07) is 37.1. The molecule has 1 aliphatic rings. The number of anilines is 2. The maximum absolute atomic E-state index is 6.67. The van der Waals surface area contributed by atoms with Gasteiger partial charge in [0.1, 0.15) is 22.7 Å². The lowest BCUT2D eigenvalue weighted by molar-refractivity contribution is 0.489.